The average Bonchev–Trinajstić information content (AvgIpc) is 2.38. The first-order chi connectivity index (χ1) is 8.29. The van der Waals surface area contributed by atoms with Crippen LogP contribution in [0.15, 0.2) is 24.3 Å². The van der Waals surface area contributed by atoms with E-state index in [9.17, 15) is 0 Å². The molecule has 0 aliphatic heterocycles. The number of halogens is 1. The molecule has 3 heteroatoms. The molecule has 2 atom stereocenters. The van der Waals surface area contributed by atoms with Crippen LogP contribution in [0.2, 0.25) is 0 Å². The minimum Gasteiger partial charge on any atom is -0.497 e. The molecule has 0 N–H and O–H groups in total. The van der Waals surface area contributed by atoms with E-state index in [1.807, 2.05) is 12.1 Å². The van der Waals surface area contributed by atoms with E-state index in [1.54, 1.807) is 7.11 Å². The summed E-state index contributed by atoms with van der Waals surface area (Å²) in [5.41, 5.74) is 1.20. The van der Waals surface area contributed by atoms with Gasteiger partial charge in [0.1, 0.15) is 5.75 Å². The van der Waals surface area contributed by atoms with Crippen molar-refractivity contribution >= 4 is 15.9 Å². The predicted octanol–water partition coefficient (Wildman–Crippen LogP) is 3.92. The largest absolute Gasteiger partial charge is 0.497 e. The normalized spacial score (nSPS) is 24.6. The van der Waals surface area contributed by atoms with Crippen molar-refractivity contribution in [2.45, 2.75) is 43.2 Å². The van der Waals surface area contributed by atoms with Gasteiger partial charge in [0.25, 0.3) is 0 Å². The van der Waals surface area contributed by atoms with Crippen LogP contribution < -0.4 is 4.74 Å². The van der Waals surface area contributed by atoms with E-state index in [0.29, 0.717) is 17.5 Å². The van der Waals surface area contributed by atoms with E-state index >= 15 is 0 Å². The molecule has 0 amide bonds. The first-order valence-corrected chi connectivity index (χ1v) is 7.10. The Hall–Kier alpha value is -0.540. The smallest absolute Gasteiger partial charge is 0.118 e. The molecule has 1 saturated carbocycles. The second kappa shape index (κ2) is 6.41. The molecular formula is C14H19BrO2. The van der Waals surface area contributed by atoms with Crippen molar-refractivity contribution in [3.05, 3.63) is 29.8 Å². The van der Waals surface area contributed by atoms with Crippen molar-refractivity contribution in [2.75, 3.05) is 7.11 Å². The summed E-state index contributed by atoms with van der Waals surface area (Å²) in [4.78, 5) is 0.523. The number of hydrogen-bond donors (Lipinski definition) is 0. The summed E-state index contributed by atoms with van der Waals surface area (Å²) in [6, 6.07) is 8.08. The highest BCUT2D eigenvalue weighted by Crippen LogP contribution is 2.27. The summed E-state index contributed by atoms with van der Waals surface area (Å²) in [5, 5.41) is 0. The van der Waals surface area contributed by atoms with Crippen molar-refractivity contribution < 1.29 is 9.47 Å². The van der Waals surface area contributed by atoms with Gasteiger partial charge in [-0.2, -0.15) is 0 Å². The Morgan fingerprint density at radius 2 is 1.88 bits per heavy atom. The molecule has 1 fully saturated rings. The van der Waals surface area contributed by atoms with Gasteiger partial charge in [0.2, 0.25) is 0 Å². The van der Waals surface area contributed by atoms with Crippen LogP contribution in [0, 0.1) is 0 Å². The standard InChI is InChI=1S/C14H19BrO2/c1-16-12-8-6-11(7-9-12)10-17-14-5-3-2-4-13(14)15/h6-9,13-14H,2-5,10H2,1H3. The predicted molar refractivity (Wildman–Crippen MR) is 72.8 cm³/mol. The Labute approximate surface area is 111 Å². The average molecular weight is 299 g/mol. The maximum Gasteiger partial charge on any atom is 0.118 e. The monoisotopic (exact) mass is 298 g/mol. The van der Waals surface area contributed by atoms with Gasteiger partial charge >= 0.3 is 0 Å². The van der Waals surface area contributed by atoms with E-state index in [4.69, 9.17) is 9.47 Å². The van der Waals surface area contributed by atoms with Crippen molar-refractivity contribution in [2.24, 2.45) is 0 Å². The molecule has 0 spiro atoms. The van der Waals surface area contributed by atoms with Gasteiger partial charge in [-0.05, 0) is 30.5 Å². The summed E-state index contributed by atoms with van der Waals surface area (Å²) in [5.74, 6) is 0.893. The molecule has 2 unspecified atom stereocenters. The summed E-state index contributed by atoms with van der Waals surface area (Å²) in [7, 11) is 1.68. The number of rotatable bonds is 4. The SMILES string of the molecule is COc1ccc(COC2CCCCC2Br)cc1. The highest BCUT2D eigenvalue weighted by molar-refractivity contribution is 9.09. The molecule has 0 heterocycles. The van der Waals surface area contributed by atoms with Gasteiger partial charge in [-0.3, -0.25) is 0 Å². The maximum absolute atomic E-state index is 5.97. The zero-order chi connectivity index (χ0) is 12.1. The molecule has 2 nitrogen and oxygen atoms in total. The lowest BCUT2D eigenvalue weighted by molar-refractivity contribution is 0.0226. The van der Waals surface area contributed by atoms with E-state index in [1.165, 1.54) is 31.2 Å². The first-order valence-electron chi connectivity index (χ1n) is 6.18. The molecule has 94 valence electrons. The quantitative estimate of drug-likeness (QED) is 0.785. The number of alkyl halides is 1. The van der Waals surface area contributed by atoms with Crippen LogP contribution in [0.25, 0.3) is 0 Å². The van der Waals surface area contributed by atoms with Crippen molar-refractivity contribution in [1.29, 1.82) is 0 Å². The van der Waals surface area contributed by atoms with Gasteiger partial charge in [0, 0.05) is 4.83 Å². The first kappa shape index (κ1) is 12.9. The van der Waals surface area contributed by atoms with Crippen LogP contribution in [0.4, 0.5) is 0 Å². The molecule has 1 aliphatic carbocycles. The van der Waals surface area contributed by atoms with Crippen LogP contribution in [0.5, 0.6) is 5.75 Å². The minimum absolute atomic E-state index is 0.367. The van der Waals surface area contributed by atoms with Gasteiger partial charge in [-0.25, -0.2) is 0 Å². The summed E-state index contributed by atoms with van der Waals surface area (Å²) >= 11 is 3.71. The molecule has 1 aliphatic rings. The second-order valence-corrected chi connectivity index (χ2v) is 5.67. The van der Waals surface area contributed by atoms with E-state index in [-0.39, 0.29) is 0 Å². The number of hydrogen-bond acceptors (Lipinski definition) is 2. The van der Waals surface area contributed by atoms with Crippen molar-refractivity contribution in [3.63, 3.8) is 0 Å². The Bertz CT molecular complexity index is 337. The lowest BCUT2D eigenvalue weighted by Gasteiger charge is -2.27. The fraction of sp³-hybridized carbons (Fsp3) is 0.571. The Morgan fingerprint density at radius 1 is 1.18 bits per heavy atom. The number of methoxy groups -OCH3 is 1. The molecule has 0 saturated heterocycles. The zero-order valence-corrected chi connectivity index (χ0v) is 11.8. The lowest BCUT2D eigenvalue weighted by atomic mass is 9.97. The van der Waals surface area contributed by atoms with Crippen LogP contribution in [0.3, 0.4) is 0 Å². The Kier molecular flexibility index (Phi) is 4.86. The van der Waals surface area contributed by atoms with Gasteiger partial charge in [0.05, 0.1) is 19.8 Å². The molecule has 0 radical (unpaired) electrons. The summed E-state index contributed by atoms with van der Waals surface area (Å²) in [6.45, 7) is 0.691. The highest BCUT2D eigenvalue weighted by Gasteiger charge is 2.23. The third-order valence-electron chi connectivity index (χ3n) is 3.25. The highest BCUT2D eigenvalue weighted by atomic mass is 79.9. The van der Waals surface area contributed by atoms with E-state index in [2.05, 4.69) is 28.1 Å². The lowest BCUT2D eigenvalue weighted by Crippen LogP contribution is -2.27. The second-order valence-electron chi connectivity index (χ2n) is 4.50. The fourth-order valence-corrected chi connectivity index (χ4v) is 2.91. The molecule has 2 rings (SSSR count). The fourth-order valence-electron chi connectivity index (χ4n) is 2.16. The number of benzene rings is 1. The Balaban J connectivity index is 1.84. The molecule has 0 aromatic heterocycles. The van der Waals surface area contributed by atoms with E-state index in [0.717, 1.165) is 5.75 Å². The van der Waals surface area contributed by atoms with Crippen LogP contribution >= 0.6 is 15.9 Å². The third-order valence-corrected chi connectivity index (χ3v) is 4.29. The maximum atomic E-state index is 5.97. The van der Waals surface area contributed by atoms with Gasteiger partial charge in [-0.15, -0.1) is 0 Å². The Morgan fingerprint density at radius 3 is 2.53 bits per heavy atom. The molecule has 17 heavy (non-hydrogen) atoms. The molecule has 0 bridgehead atoms. The third kappa shape index (κ3) is 3.71. The van der Waals surface area contributed by atoms with Crippen LogP contribution in [-0.4, -0.2) is 18.0 Å². The van der Waals surface area contributed by atoms with Crippen molar-refractivity contribution in [1.82, 2.24) is 0 Å². The van der Waals surface area contributed by atoms with E-state index < -0.39 is 0 Å². The van der Waals surface area contributed by atoms with Gasteiger partial charge in [-0.1, -0.05) is 40.9 Å². The zero-order valence-electron chi connectivity index (χ0n) is 10.2. The van der Waals surface area contributed by atoms with Gasteiger partial charge < -0.3 is 9.47 Å². The summed E-state index contributed by atoms with van der Waals surface area (Å²) in [6.07, 6.45) is 5.37. The van der Waals surface area contributed by atoms with Crippen LogP contribution in [0.1, 0.15) is 31.2 Å². The van der Waals surface area contributed by atoms with Gasteiger partial charge in [0.15, 0.2) is 0 Å². The molecule has 1 aromatic rings. The molecular weight excluding hydrogens is 280 g/mol. The summed E-state index contributed by atoms with van der Waals surface area (Å²) < 4.78 is 11.1. The molecule has 1 aromatic carbocycles. The topological polar surface area (TPSA) is 18.5 Å². The van der Waals surface area contributed by atoms with Crippen LogP contribution in [-0.2, 0) is 11.3 Å². The minimum atomic E-state index is 0.367. The van der Waals surface area contributed by atoms with Crippen molar-refractivity contribution in [3.8, 4) is 5.75 Å². The number of ether oxygens (including phenoxy) is 2.